The minimum Gasteiger partial charge on any atom is -0.477 e. The van der Waals surface area contributed by atoms with Crippen molar-refractivity contribution in [2.24, 2.45) is 0 Å². The zero-order valence-corrected chi connectivity index (χ0v) is 13.6. The Morgan fingerprint density at radius 1 is 1.36 bits per heavy atom. The summed E-state index contributed by atoms with van der Waals surface area (Å²) in [5.74, 6) is -0.992. The molecule has 2 N–H and O–H groups in total. The smallest absolute Gasteiger partial charge is 0.351 e. The van der Waals surface area contributed by atoms with E-state index in [1.165, 1.54) is 0 Å². The Labute approximate surface area is 132 Å². The molecule has 0 saturated heterocycles. The van der Waals surface area contributed by atoms with Crippen LogP contribution in [0.4, 0.5) is 0 Å². The molecule has 0 aliphatic carbocycles. The number of carboxylic acids is 1. The summed E-state index contributed by atoms with van der Waals surface area (Å²) in [6.07, 6.45) is 0. The highest BCUT2D eigenvalue weighted by Crippen LogP contribution is 2.10. The molecule has 0 spiro atoms. The van der Waals surface area contributed by atoms with Gasteiger partial charge in [0.1, 0.15) is 5.70 Å². The molecule has 1 unspecified atom stereocenters. The first-order valence-corrected chi connectivity index (χ1v) is 7.43. The Hall–Kier alpha value is -1.85. The molecule has 0 bridgehead atoms. The number of carboxylic acid groups (broad SMARTS) is 1. The number of rotatable bonds is 10. The molecule has 1 aromatic rings. The predicted octanol–water partition coefficient (Wildman–Crippen LogP) is 2.10. The number of likely N-dealkylation sites (N-methyl/N-ethyl adjacent to an activating group) is 1. The molecule has 5 heteroatoms. The molecular weight excluding hydrogens is 280 g/mol. The second-order valence-corrected chi connectivity index (χ2v) is 5.48. The number of hydrogen-bond acceptors (Lipinski definition) is 4. The van der Waals surface area contributed by atoms with Crippen LogP contribution in [0.1, 0.15) is 19.4 Å². The van der Waals surface area contributed by atoms with Gasteiger partial charge in [-0.25, -0.2) is 4.79 Å². The van der Waals surface area contributed by atoms with Crippen molar-refractivity contribution < 1.29 is 14.6 Å². The molecule has 5 nitrogen and oxygen atoms in total. The first kappa shape index (κ1) is 18.2. The lowest BCUT2D eigenvalue weighted by molar-refractivity contribution is -0.134. The lowest BCUT2D eigenvalue weighted by Gasteiger charge is -2.32. The van der Waals surface area contributed by atoms with Crippen molar-refractivity contribution in [1.82, 2.24) is 10.2 Å². The number of nitrogens with zero attached hydrogens (tertiary/aromatic N) is 1. The fourth-order valence-electron chi connectivity index (χ4n) is 2.11. The Kier molecular flexibility index (Phi) is 7.63. The van der Waals surface area contributed by atoms with Gasteiger partial charge >= 0.3 is 5.97 Å². The quantitative estimate of drug-likeness (QED) is 0.648. The van der Waals surface area contributed by atoms with Crippen LogP contribution in [-0.2, 0) is 16.1 Å². The minimum absolute atomic E-state index is 0.0298. The second-order valence-electron chi connectivity index (χ2n) is 5.48. The van der Waals surface area contributed by atoms with Crippen molar-refractivity contribution in [3.63, 3.8) is 0 Å². The van der Waals surface area contributed by atoms with Crippen molar-refractivity contribution in [1.29, 1.82) is 0 Å². The fraction of sp³-hybridized carbons (Fsp3) is 0.471. The fourth-order valence-corrected chi connectivity index (χ4v) is 2.11. The van der Waals surface area contributed by atoms with Gasteiger partial charge < -0.3 is 20.1 Å². The molecule has 0 aromatic heterocycles. The van der Waals surface area contributed by atoms with Crippen molar-refractivity contribution in [3.05, 3.63) is 48.2 Å². The van der Waals surface area contributed by atoms with Gasteiger partial charge in [-0.15, -0.1) is 0 Å². The molecule has 0 fully saturated rings. The number of nitrogens with one attached hydrogen (secondary N) is 1. The third-order valence-electron chi connectivity index (χ3n) is 3.47. The average Bonchev–Trinajstić information content (AvgIpc) is 2.50. The summed E-state index contributed by atoms with van der Waals surface area (Å²) in [5, 5.41) is 12.3. The standard InChI is InChI=1S/C17H26N2O3/c1-13(2)19(14(3)17(20)21)10-16(18-4)12-22-11-15-8-6-5-7-9-15/h5-9,13,16,18H,3,10-12H2,1-2,4H3,(H,20,21). The highest BCUT2D eigenvalue weighted by molar-refractivity contribution is 5.85. The van der Waals surface area contributed by atoms with Crippen LogP contribution in [0.2, 0.25) is 0 Å². The predicted molar refractivity (Wildman–Crippen MR) is 87.6 cm³/mol. The van der Waals surface area contributed by atoms with Gasteiger partial charge in [0.2, 0.25) is 0 Å². The van der Waals surface area contributed by atoms with Crippen molar-refractivity contribution in [2.45, 2.75) is 32.5 Å². The topological polar surface area (TPSA) is 61.8 Å². The molecule has 1 rings (SSSR count). The first-order valence-electron chi connectivity index (χ1n) is 7.43. The van der Waals surface area contributed by atoms with Crippen molar-refractivity contribution in [2.75, 3.05) is 20.2 Å². The summed E-state index contributed by atoms with van der Waals surface area (Å²) in [7, 11) is 1.85. The van der Waals surface area contributed by atoms with Gasteiger partial charge in [0.05, 0.1) is 13.2 Å². The molecule has 1 atom stereocenters. The molecule has 122 valence electrons. The number of hydrogen-bond donors (Lipinski definition) is 2. The molecule has 0 amide bonds. The SMILES string of the molecule is C=C(C(=O)O)N(CC(COCc1ccccc1)NC)C(C)C. The Bertz CT molecular complexity index is 474. The maximum absolute atomic E-state index is 11.1. The van der Waals surface area contributed by atoms with Crippen LogP contribution >= 0.6 is 0 Å². The van der Waals surface area contributed by atoms with Crippen molar-refractivity contribution in [3.8, 4) is 0 Å². The van der Waals surface area contributed by atoms with Gasteiger partial charge in [0.15, 0.2) is 0 Å². The number of ether oxygens (including phenoxy) is 1. The summed E-state index contributed by atoms with van der Waals surface area (Å²) in [6.45, 7) is 9.13. The van der Waals surface area contributed by atoms with Gasteiger partial charge in [-0.1, -0.05) is 36.9 Å². The van der Waals surface area contributed by atoms with Gasteiger partial charge in [-0.2, -0.15) is 0 Å². The molecular formula is C17H26N2O3. The van der Waals surface area contributed by atoms with Gasteiger partial charge in [0.25, 0.3) is 0 Å². The molecule has 0 heterocycles. The van der Waals surface area contributed by atoms with Crippen LogP contribution in [-0.4, -0.2) is 48.3 Å². The number of aliphatic carboxylic acids is 1. The van der Waals surface area contributed by atoms with Crippen molar-refractivity contribution >= 4 is 5.97 Å². The summed E-state index contributed by atoms with van der Waals surface area (Å²) in [4.78, 5) is 12.9. The lowest BCUT2D eigenvalue weighted by Crippen LogP contribution is -2.45. The van der Waals surface area contributed by atoms with E-state index in [2.05, 4.69) is 11.9 Å². The minimum atomic E-state index is -0.992. The molecule has 22 heavy (non-hydrogen) atoms. The third kappa shape index (κ3) is 5.87. The molecule has 1 aromatic carbocycles. The van der Waals surface area contributed by atoms with Crippen LogP contribution in [0.5, 0.6) is 0 Å². The summed E-state index contributed by atoms with van der Waals surface area (Å²) in [6, 6.07) is 10.0. The summed E-state index contributed by atoms with van der Waals surface area (Å²) < 4.78 is 5.73. The summed E-state index contributed by atoms with van der Waals surface area (Å²) in [5.41, 5.74) is 1.23. The molecule has 0 radical (unpaired) electrons. The Morgan fingerprint density at radius 2 is 2.00 bits per heavy atom. The highest BCUT2D eigenvalue weighted by atomic mass is 16.5. The monoisotopic (exact) mass is 306 g/mol. The van der Waals surface area contributed by atoms with E-state index < -0.39 is 5.97 Å². The van der Waals surface area contributed by atoms with Crippen LogP contribution < -0.4 is 5.32 Å². The maximum atomic E-state index is 11.1. The van der Waals surface area contributed by atoms with E-state index in [1.54, 1.807) is 4.90 Å². The van der Waals surface area contributed by atoms with Crippen LogP contribution in [0.15, 0.2) is 42.6 Å². The van der Waals surface area contributed by atoms with E-state index in [-0.39, 0.29) is 17.8 Å². The van der Waals surface area contributed by atoms with Gasteiger partial charge in [-0.3, -0.25) is 0 Å². The second kappa shape index (κ2) is 9.23. The van der Waals surface area contributed by atoms with E-state index in [0.717, 1.165) is 5.56 Å². The van der Waals surface area contributed by atoms with Crippen LogP contribution in [0.3, 0.4) is 0 Å². The molecule has 0 aliphatic heterocycles. The van der Waals surface area contributed by atoms with Gasteiger partial charge in [0, 0.05) is 18.6 Å². The number of carbonyl (C=O) groups is 1. The largest absolute Gasteiger partial charge is 0.477 e. The van der Waals surface area contributed by atoms with Crippen LogP contribution in [0, 0.1) is 0 Å². The molecule has 0 aliphatic rings. The first-order chi connectivity index (χ1) is 10.5. The van der Waals surface area contributed by atoms with E-state index in [9.17, 15) is 4.79 Å². The normalized spacial score (nSPS) is 12.2. The summed E-state index contributed by atoms with van der Waals surface area (Å²) >= 11 is 0. The molecule has 0 saturated carbocycles. The number of benzene rings is 1. The Morgan fingerprint density at radius 3 is 2.50 bits per heavy atom. The van der Waals surface area contributed by atoms with E-state index in [4.69, 9.17) is 9.84 Å². The van der Waals surface area contributed by atoms with E-state index in [1.807, 2.05) is 51.2 Å². The third-order valence-corrected chi connectivity index (χ3v) is 3.47. The van der Waals surface area contributed by atoms with Crippen LogP contribution in [0.25, 0.3) is 0 Å². The zero-order valence-electron chi connectivity index (χ0n) is 13.6. The Balaban J connectivity index is 2.52. The van der Waals surface area contributed by atoms with Gasteiger partial charge in [-0.05, 0) is 26.5 Å². The maximum Gasteiger partial charge on any atom is 0.351 e. The average molecular weight is 306 g/mol. The lowest BCUT2D eigenvalue weighted by atomic mass is 10.2. The zero-order chi connectivity index (χ0) is 16.5. The van der Waals surface area contributed by atoms with E-state index >= 15 is 0 Å². The highest BCUT2D eigenvalue weighted by Gasteiger charge is 2.20. The van der Waals surface area contributed by atoms with E-state index in [0.29, 0.717) is 19.8 Å².